The van der Waals surface area contributed by atoms with Gasteiger partial charge in [0.25, 0.3) is 0 Å². The number of nitrogens with one attached hydrogen (secondary N) is 1. The Balaban J connectivity index is -0.0000000131. The molecule has 9 heavy (non-hydrogen) atoms. The third kappa shape index (κ3) is 249. The van der Waals surface area contributed by atoms with Crippen molar-refractivity contribution in [1.29, 1.82) is 10.7 Å². The van der Waals surface area contributed by atoms with Crippen LogP contribution in [0, 0.1) is 16.1 Å². The van der Waals surface area contributed by atoms with Crippen LogP contribution in [0.5, 0.6) is 0 Å². The SMILES string of the molecule is Cl.N#CS.N=C(N)N.[Cs+].[H-]. The molecule has 0 radical (unpaired) electrons. The molecule has 4 nitrogen and oxygen atoms in total. The minimum Gasteiger partial charge on any atom is -1.00 e. The summed E-state index contributed by atoms with van der Waals surface area (Å²) in [4.78, 5) is 0. The van der Waals surface area contributed by atoms with Gasteiger partial charge in [0.05, 0.1) is 0 Å². The van der Waals surface area contributed by atoms with Crippen molar-refractivity contribution >= 4 is 31.0 Å². The summed E-state index contributed by atoms with van der Waals surface area (Å²) >= 11 is 3.09. The van der Waals surface area contributed by atoms with Gasteiger partial charge < -0.3 is 12.9 Å². The minimum absolute atomic E-state index is 0. The second-order valence-electron chi connectivity index (χ2n) is 0.555. The van der Waals surface area contributed by atoms with Gasteiger partial charge in [0.2, 0.25) is 0 Å². The summed E-state index contributed by atoms with van der Waals surface area (Å²) in [5, 5.41) is 14.7. The van der Waals surface area contributed by atoms with Gasteiger partial charge in [0, 0.05) is 0 Å². The Bertz CT molecular complexity index is 91.7. The van der Waals surface area contributed by atoms with Crippen LogP contribution in [-0.2, 0) is 0 Å². The standard InChI is InChI=1S/CH5N3.CHNS.ClH.Cs.H/c2-1(3)4;2-1-3;;;/h(H5,2,3,4);3H;1H;;/q;;;+1;-1. The quantitative estimate of drug-likeness (QED) is 0.163. The monoisotopic (exact) mass is 288 g/mol. The van der Waals surface area contributed by atoms with E-state index < -0.39 is 0 Å². The molecule has 0 aromatic rings. The number of guanidine groups is 1. The van der Waals surface area contributed by atoms with Crippen LogP contribution >= 0.6 is 25.0 Å². The molecule has 0 rings (SSSR count). The van der Waals surface area contributed by atoms with Crippen molar-refractivity contribution in [1.82, 2.24) is 0 Å². The minimum atomic E-state index is -0.333. The number of thiol groups is 1. The molecule has 7 heteroatoms. The molecule has 0 saturated heterocycles. The molecule has 0 aromatic carbocycles. The fraction of sp³-hybridized carbons (Fsp3) is 0. The third-order valence-corrected chi connectivity index (χ3v) is 0. The number of hydrogen-bond donors (Lipinski definition) is 4. The predicted molar refractivity (Wildman–Crippen MR) is 39.1 cm³/mol. The first-order valence-corrected chi connectivity index (χ1v) is 1.72. The zero-order valence-electron chi connectivity index (χ0n) is 5.96. The molecule has 50 valence electrons. The van der Waals surface area contributed by atoms with Crippen LogP contribution in [0.3, 0.4) is 0 Å². The Morgan fingerprint density at radius 2 is 1.67 bits per heavy atom. The van der Waals surface area contributed by atoms with E-state index in [1.807, 2.05) is 0 Å². The van der Waals surface area contributed by atoms with Crippen molar-refractivity contribution in [3.8, 4) is 5.40 Å². The fourth-order valence-corrected chi connectivity index (χ4v) is 0. The van der Waals surface area contributed by atoms with Crippen LogP contribution in [0.4, 0.5) is 0 Å². The molecular formula is C2H8ClCsN4S. The van der Waals surface area contributed by atoms with Crippen LogP contribution in [0.2, 0.25) is 0 Å². The second kappa shape index (κ2) is 22.7. The number of rotatable bonds is 0. The van der Waals surface area contributed by atoms with Crippen molar-refractivity contribution in [2.24, 2.45) is 11.5 Å². The molecule has 0 spiro atoms. The van der Waals surface area contributed by atoms with E-state index in [1.54, 1.807) is 0 Å². The summed E-state index contributed by atoms with van der Waals surface area (Å²) in [6.45, 7) is 0. The molecule has 0 aromatic heterocycles. The van der Waals surface area contributed by atoms with E-state index in [1.165, 1.54) is 5.40 Å². The maximum Gasteiger partial charge on any atom is 1.00 e. The molecule has 0 amide bonds. The van der Waals surface area contributed by atoms with Gasteiger partial charge in [-0.3, -0.25) is 5.41 Å². The van der Waals surface area contributed by atoms with Gasteiger partial charge in [0.1, 0.15) is 5.40 Å². The van der Waals surface area contributed by atoms with Crippen molar-refractivity contribution in [2.75, 3.05) is 0 Å². The van der Waals surface area contributed by atoms with Crippen LogP contribution < -0.4 is 80.4 Å². The van der Waals surface area contributed by atoms with E-state index in [2.05, 4.69) is 24.1 Å². The molecule has 5 N–H and O–H groups in total. The van der Waals surface area contributed by atoms with E-state index in [4.69, 9.17) is 10.7 Å². The third-order valence-electron chi connectivity index (χ3n) is 0. The first-order valence-electron chi connectivity index (χ1n) is 1.27. The second-order valence-corrected chi connectivity index (χ2v) is 0.755. The average Bonchev–Trinajstić information content (AvgIpc) is 1.33. The van der Waals surface area contributed by atoms with Gasteiger partial charge in [-0.1, -0.05) is 12.6 Å². The number of nitrogens with two attached hydrogens (primary N) is 2. The summed E-state index contributed by atoms with van der Waals surface area (Å²) in [5.41, 5.74) is 8.94. The summed E-state index contributed by atoms with van der Waals surface area (Å²) < 4.78 is 0. The molecule has 0 aliphatic rings. The Morgan fingerprint density at radius 3 is 1.67 bits per heavy atom. The maximum absolute atomic E-state index is 7.18. The van der Waals surface area contributed by atoms with E-state index in [0.29, 0.717) is 0 Å². The number of nitriles is 1. The van der Waals surface area contributed by atoms with E-state index >= 15 is 0 Å². The first kappa shape index (κ1) is 22.4. The van der Waals surface area contributed by atoms with Crippen LogP contribution in [0.1, 0.15) is 1.43 Å². The summed E-state index contributed by atoms with van der Waals surface area (Å²) in [6.07, 6.45) is 0. The molecule has 0 saturated carbocycles. The van der Waals surface area contributed by atoms with Gasteiger partial charge in [-0.05, 0) is 0 Å². The van der Waals surface area contributed by atoms with Gasteiger partial charge in [-0.15, -0.1) is 12.4 Å². The van der Waals surface area contributed by atoms with Gasteiger partial charge >= 0.3 is 68.9 Å². The predicted octanol–water partition coefficient (Wildman–Crippen LogP) is -3.23. The van der Waals surface area contributed by atoms with E-state index in [-0.39, 0.29) is 88.7 Å². The molecule has 0 heterocycles. The molecule has 0 bridgehead atoms. The molecule has 0 unspecified atom stereocenters. The number of thiocyanates is 1. The average molecular weight is 289 g/mol. The topological polar surface area (TPSA) is 99.7 Å². The summed E-state index contributed by atoms with van der Waals surface area (Å²) in [7, 11) is 0. The fourth-order valence-electron chi connectivity index (χ4n) is 0. The molecule has 0 aliphatic carbocycles. The summed E-state index contributed by atoms with van der Waals surface area (Å²) in [6, 6.07) is 0. The largest absolute Gasteiger partial charge is 1.00 e. The van der Waals surface area contributed by atoms with Gasteiger partial charge in [0.15, 0.2) is 5.96 Å². The Labute approximate surface area is 126 Å². The zero-order valence-corrected chi connectivity index (χ0v) is 12.9. The molecule has 0 atom stereocenters. The van der Waals surface area contributed by atoms with E-state index in [0.717, 1.165) is 0 Å². The zero-order chi connectivity index (χ0) is 6.28. The van der Waals surface area contributed by atoms with Gasteiger partial charge in [-0.2, -0.15) is 5.26 Å². The number of nitrogens with zero attached hydrogens (tertiary/aromatic N) is 1. The van der Waals surface area contributed by atoms with Crippen molar-refractivity contribution in [2.45, 2.75) is 0 Å². The number of hydrogen-bond acceptors (Lipinski definition) is 3. The van der Waals surface area contributed by atoms with Crippen LogP contribution in [-0.4, -0.2) is 5.96 Å². The molecular weight excluding hydrogens is 280 g/mol. The smallest absolute Gasteiger partial charge is 1.00 e. The maximum atomic E-state index is 7.18. The van der Waals surface area contributed by atoms with Crippen molar-refractivity contribution in [3.63, 3.8) is 0 Å². The van der Waals surface area contributed by atoms with E-state index in [9.17, 15) is 0 Å². The Hall–Kier alpha value is 1.45. The van der Waals surface area contributed by atoms with Crippen LogP contribution in [0.15, 0.2) is 0 Å². The van der Waals surface area contributed by atoms with Crippen molar-refractivity contribution < 1.29 is 70.3 Å². The normalized spacial score (nSPS) is 3.56. The number of halogens is 1. The first-order chi connectivity index (χ1) is 3.15. The van der Waals surface area contributed by atoms with Gasteiger partial charge in [-0.25, -0.2) is 0 Å². The van der Waals surface area contributed by atoms with Crippen LogP contribution in [0.25, 0.3) is 0 Å². The molecule has 0 aliphatic heterocycles. The Morgan fingerprint density at radius 1 is 1.67 bits per heavy atom. The van der Waals surface area contributed by atoms with Crippen molar-refractivity contribution in [3.05, 3.63) is 0 Å². The molecule has 0 fully saturated rings. The summed E-state index contributed by atoms with van der Waals surface area (Å²) in [5.74, 6) is -0.333. The Kier molecular flexibility index (Phi) is 56.6.